The van der Waals surface area contributed by atoms with Crippen molar-refractivity contribution in [2.45, 2.75) is 33.7 Å². The number of amides is 2. The van der Waals surface area contributed by atoms with Gasteiger partial charge in [0.2, 0.25) is 5.91 Å². The van der Waals surface area contributed by atoms with Crippen LogP contribution < -0.4 is 10.6 Å². The molecule has 1 rings (SSSR count). The van der Waals surface area contributed by atoms with Crippen molar-refractivity contribution in [1.29, 1.82) is 0 Å². The van der Waals surface area contributed by atoms with Gasteiger partial charge < -0.3 is 15.5 Å². The van der Waals surface area contributed by atoms with Crippen LogP contribution in [0.5, 0.6) is 0 Å². The smallest absolute Gasteiger partial charge is 0.269 e. The van der Waals surface area contributed by atoms with Gasteiger partial charge in [-0.05, 0) is 31.1 Å². The summed E-state index contributed by atoms with van der Waals surface area (Å²) in [7, 11) is 0. The molecule has 26 heavy (non-hydrogen) atoms. The standard InChI is InChI=1S/C18H28N4O4/c1-5-21(6-2)12-11-19-18(24)16(13(3)4)20-17(23)14-7-9-15(10-8-14)22(25)26/h7-10,13,16H,5-6,11-12H2,1-4H3,(H,19,24)(H,20,23)/t16-/m0/s1. The zero-order chi connectivity index (χ0) is 19.7. The third kappa shape index (κ3) is 6.44. The fourth-order valence-electron chi connectivity index (χ4n) is 2.48. The monoisotopic (exact) mass is 364 g/mol. The molecule has 0 aliphatic heterocycles. The van der Waals surface area contributed by atoms with E-state index in [1.54, 1.807) is 0 Å². The highest BCUT2D eigenvalue weighted by molar-refractivity contribution is 5.97. The Morgan fingerprint density at radius 3 is 2.19 bits per heavy atom. The van der Waals surface area contributed by atoms with Crippen molar-refractivity contribution in [2.24, 2.45) is 5.92 Å². The van der Waals surface area contributed by atoms with E-state index in [9.17, 15) is 19.7 Å². The Kier molecular flexibility index (Phi) is 8.71. The third-order valence-electron chi connectivity index (χ3n) is 4.20. The first-order valence-corrected chi connectivity index (χ1v) is 8.85. The Morgan fingerprint density at radius 1 is 1.15 bits per heavy atom. The minimum absolute atomic E-state index is 0.0869. The minimum atomic E-state index is -0.672. The van der Waals surface area contributed by atoms with Gasteiger partial charge in [0.1, 0.15) is 6.04 Å². The van der Waals surface area contributed by atoms with Gasteiger partial charge in [0.15, 0.2) is 0 Å². The first kappa shape index (κ1) is 21.6. The number of hydrogen-bond acceptors (Lipinski definition) is 5. The van der Waals surface area contributed by atoms with Crippen LogP contribution in [0.2, 0.25) is 0 Å². The SMILES string of the molecule is CCN(CC)CCNC(=O)[C@@H](NC(=O)c1ccc([N+](=O)[O-])cc1)C(C)C. The molecule has 0 spiro atoms. The van der Waals surface area contributed by atoms with Crippen LogP contribution in [0, 0.1) is 16.0 Å². The lowest BCUT2D eigenvalue weighted by atomic mass is 10.0. The Hall–Kier alpha value is -2.48. The Morgan fingerprint density at radius 2 is 1.73 bits per heavy atom. The molecule has 0 bridgehead atoms. The van der Waals surface area contributed by atoms with E-state index in [1.807, 2.05) is 13.8 Å². The van der Waals surface area contributed by atoms with E-state index >= 15 is 0 Å². The summed E-state index contributed by atoms with van der Waals surface area (Å²) in [6.45, 7) is 10.9. The summed E-state index contributed by atoms with van der Waals surface area (Å²) in [6, 6.07) is 4.62. The molecule has 0 unspecified atom stereocenters. The number of carbonyl (C=O) groups is 2. The summed E-state index contributed by atoms with van der Waals surface area (Å²) in [4.78, 5) is 37.1. The van der Waals surface area contributed by atoms with Gasteiger partial charge in [-0.3, -0.25) is 19.7 Å². The number of benzene rings is 1. The highest BCUT2D eigenvalue weighted by atomic mass is 16.6. The topological polar surface area (TPSA) is 105 Å². The molecule has 2 amide bonds. The average molecular weight is 364 g/mol. The second-order valence-electron chi connectivity index (χ2n) is 6.32. The molecule has 0 fully saturated rings. The van der Waals surface area contributed by atoms with Gasteiger partial charge in [-0.25, -0.2) is 0 Å². The number of rotatable bonds is 10. The Labute approximate surface area is 154 Å². The molecule has 0 aromatic heterocycles. The highest BCUT2D eigenvalue weighted by Gasteiger charge is 2.24. The van der Waals surface area contributed by atoms with E-state index in [0.29, 0.717) is 6.54 Å². The van der Waals surface area contributed by atoms with E-state index < -0.39 is 16.9 Å². The zero-order valence-corrected chi connectivity index (χ0v) is 15.8. The molecular formula is C18H28N4O4. The summed E-state index contributed by atoms with van der Waals surface area (Å²) in [5.74, 6) is -0.759. The van der Waals surface area contributed by atoms with E-state index in [0.717, 1.165) is 19.6 Å². The van der Waals surface area contributed by atoms with Crippen molar-refractivity contribution in [3.63, 3.8) is 0 Å². The maximum absolute atomic E-state index is 12.4. The lowest BCUT2D eigenvalue weighted by Crippen LogP contribution is -2.50. The second-order valence-corrected chi connectivity index (χ2v) is 6.32. The van der Waals surface area contributed by atoms with Gasteiger partial charge in [-0.2, -0.15) is 0 Å². The first-order chi connectivity index (χ1) is 12.3. The van der Waals surface area contributed by atoms with Gasteiger partial charge >= 0.3 is 0 Å². The van der Waals surface area contributed by atoms with Gasteiger partial charge in [0, 0.05) is 30.8 Å². The van der Waals surface area contributed by atoms with Crippen molar-refractivity contribution in [3.05, 3.63) is 39.9 Å². The zero-order valence-electron chi connectivity index (χ0n) is 15.8. The van der Waals surface area contributed by atoms with Crippen molar-refractivity contribution in [3.8, 4) is 0 Å². The summed E-state index contributed by atoms with van der Waals surface area (Å²) < 4.78 is 0. The van der Waals surface area contributed by atoms with E-state index in [-0.39, 0.29) is 23.1 Å². The van der Waals surface area contributed by atoms with Crippen LogP contribution in [0.3, 0.4) is 0 Å². The summed E-state index contributed by atoms with van der Waals surface area (Å²) in [5, 5.41) is 16.3. The first-order valence-electron chi connectivity index (χ1n) is 8.85. The van der Waals surface area contributed by atoms with Crippen molar-refractivity contribution < 1.29 is 14.5 Å². The molecule has 144 valence electrons. The molecule has 0 aliphatic carbocycles. The molecule has 0 heterocycles. The van der Waals surface area contributed by atoms with E-state index in [1.165, 1.54) is 24.3 Å². The number of non-ortho nitro benzene ring substituents is 1. The second kappa shape index (κ2) is 10.5. The fraction of sp³-hybridized carbons (Fsp3) is 0.556. The molecular weight excluding hydrogens is 336 g/mol. The maximum Gasteiger partial charge on any atom is 0.269 e. The molecule has 1 aromatic rings. The number of carbonyl (C=O) groups excluding carboxylic acids is 2. The number of likely N-dealkylation sites (N-methyl/N-ethyl adjacent to an activating group) is 1. The molecule has 2 N–H and O–H groups in total. The molecule has 0 saturated heterocycles. The normalized spacial score (nSPS) is 12.1. The number of nitrogens with zero attached hydrogens (tertiary/aromatic N) is 2. The predicted molar refractivity (Wildman–Crippen MR) is 100.0 cm³/mol. The molecule has 8 nitrogen and oxygen atoms in total. The van der Waals surface area contributed by atoms with Crippen LogP contribution in [0.25, 0.3) is 0 Å². The highest BCUT2D eigenvalue weighted by Crippen LogP contribution is 2.12. The van der Waals surface area contributed by atoms with Crippen LogP contribution in [-0.4, -0.2) is 53.9 Å². The molecule has 1 atom stereocenters. The van der Waals surface area contributed by atoms with Crippen molar-refractivity contribution in [1.82, 2.24) is 15.5 Å². The predicted octanol–water partition coefficient (Wildman–Crippen LogP) is 1.81. The maximum atomic E-state index is 12.4. The van der Waals surface area contributed by atoms with Gasteiger partial charge in [0.05, 0.1) is 4.92 Å². The Balaban J connectivity index is 2.67. The van der Waals surface area contributed by atoms with Crippen LogP contribution in [-0.2, 0) is 4.79 Å². The number of nitrogens with one attached hydrogen (secondary N) is 2. The van der Waals surface area contributed by atoms with Gasteiger partial charge in [-0.1, -0.05) is 27.7 Å². The molecule has 0 aliphatic rings. The third-order valence-corrected chi connectivity index (χ3v) is 4.20. The lowest BCUT2D eigenvalue weighted by molar-refractivity contribution is -0.384. The van der Waals surface area contributed by atoms with Crippen LogP contribution in [0.15, 0.2) is 24.3 Å². The van der Waals surface area contributed by atoms with Gasteiger partial charge in [-0.15, -0.1) is 0 Å². The van der Waals surface area contributed by atoms with Crippen LogP contribution >= 0.6 is 0 Å². The molecule has 8 heteroatoms. The molecule has 1 aromatic carbocycles. The molecule has 0 saturated carbocycles. The largest absolute Gasteiger partial charge is 0.353 e. The quantitative estimate of drug-likeness (QED) is 0.487. The number of nitro groups is 1. The van der Waals surface area contributed by atoms with E-state index in [2.05, 4.69) is 29.4 Å². The average Bonchev–Trinajstić information content (AvgIpc) is 2.62. The number of nitro benzene ring substituents is 1. The summed E-state index contributed by atoms with van der Waals surface area (Å²) >= 11 is 0. The van der Waals surface area contributed by atoms with Crippen molar-refractivity contribution in [2.75, 3.05) is 26.2 Å². The number of hydrogen-bond donors (Lipinski definition) is 2. The van der Waals surface area contributed by atoms with E-state index in [4.69, 9.17) is 0 Å². The van der Waals surface area contributed by atoms with Gasteiger partial charge in [0.25, 0.3) is 11.6 Å². The fourth-order valence-corrected chi connectivity index (χ4v) is 2.48. The van der Waals surface area contributed by atoms with Crippen molar-refractivity contribution >= 4 is 17.5 Å². The molecule has 0 radical (unpaired) electrons. The minimum Gasteiger partial charge on any atom is -0.353 e. The Bertz CT molecular complexity index is 612. The van der Waals surface area contributed by atoms with Crippen LogP contribution in [0.4, 0.5) is 5.69 Å². The lowest BCUT2D eigenvalue weighted by Gasteiger charge is -2.23. The summed E-state index contributed by atoms with van der Waals surface area (Å²) in [6.07, 6.45) is 0. The summed E-state index contributed by atoms with van der Waals surface area (Å²) in [5.41, 5.74) is 0.188. The van der Waals surface area contributed by atoms with Crippen LogP contribution in [0.1, 0.15) is 38.1 Å².